The van der Waals surface area contributed by atoms with Crippen LogP contribution in [0.1, 0.15) is 115 Å². The molecule has 2 unspecified atom stereocenters. The molecule has 81 heavy (non-hydrogen) atoms. The molecule has 6 heterocycles. The van der Waals surface area contributed by atoms with Crippen molar-refractivity contribution in [3.05, 3.63) is 77.1 Å². The van der Waals surface area contributed by atoms with E-state index in [1.807, 2.05) is 24.3 Å². The predicted octanol–water partition coefficient (Wildman–Crippen LogP) is 4.27. The van der Waals surface area contributed by atoms with Crippen molar-refractivity contribution in [2.45, 2.75) is 147 Å². The molecule has 3 aromatic rings. The number of nitrogens with zero attached hydrogens (tertiary/aromatic N) is 7. The zero-order valence-electron chi connectivity index (χ0n) is 48.0. The van der Waals surface area contributed by atoms with Crippen LogP contribution in [0, 0.1) is 28.9 Å². The average molecular weight is 1120 g/mol. The van der Waals surface area contributed by atoms with Gasteiger partial charge in [-0.2, -0.15) is 0 Å². The minimum absolute atomic E-state index is 0.0211. The molecule has 5 aliphatic heterocycles. The number of hydrogen-bond donors (Lipinski definition) is 6. The first-order valence-corrected chi connectivity index (χ1v) is 29.8. The van der Waals surface area contributed by atoms with E-state index in [0.29, 0.717) is 56.4 Å². The Kier molecular flexibility index (Phi) is 18.1. The number of rotatable bonds is 19. The van der Waals surface area contributed by atoms with Gasteiger partial charge in [-0.1, -0.05) is 38.1 Å². The van der Waals surface area contributed by atoms with Gasteiger partial charge in [0.05, 0.1) is 36.0 Å². The molecule has 2 aromatic carbocycles. The van der Waals surface area contributed by atoms with E-state index in [0.717, 1.165) is 108 Å². The molecule has 10 rings (SSSR count). The minimum atomic E-state index is -0.874. The van der Waals surface area contributed by atoms with Crippen LogP contribution in [0.2, 0.25) is 0 Å². The van der Waals surface area contributed by atoms with E-state index >= 15 is 8.78 Å². The quantitative estimate of drug-likeness (QED) is 0.0928. The van der Waals surface area contributed by atoms with E-state index in [1.165, 1.54) is 22.6 Å². The van der Waals surface area contributed by atoms with Crippen LogP contribution >= 0.6 is 0 Å². The fourth-order valence-electron chi connectivity index (χ4n) is 13.7. The van der Waals surface area contributed by atoms with Gasteiger partial charge in [-0.3, -0.25) is 28.9 Å². The van der Waals surface area contributed by atoms with Gasteiger partial charge in [0.25, 0.3) is 0 Å². The summed E-state index contributed by atoms with van der Waals surface area (Å²) < 4.78 is 37.5. The Morgan fingerprint density at radius 3 is 2.37 bits per heavy atom. The molecule has 8 atom stereocenters. The highest BCUT2D eigenvalue weighted by atomic mass is 19.1. The van der Waals surface area contributed by atoms with E-state index in [1.54, 1.807) is 32.1 Å². The zero-order chi connectivity index (χ0) is 57.0. The summed E-state index contributed by atoms with van der Waals surface area (Å²) in [6.07, 6.45) is 10.5. The first-order valence-electron chi connectivity index (χ1n) is 29.8. The van der Waals surface area contributed by atoms with Crippen molar-refractivity contribution < 1.29 is 37.5 Å². The highest BCUT2D eigenvalue weighted by molar-refractivity contribution is 5.93. The number of ether oxygens (including phenoxy) is 1. The standard InChI is InChI=1S/C60H85F2N13O6/c1-38(63-5)56(78)67-39(2)58(80)75-33-44(27-51(75)57(79)69-49-13-8-11-40-10-6-7-12-46(40)49)68-55(77)35-81-45-24-41-30-72(31-42(41)25-45)19-9-18-64-52-29-53(66-37-65-52)73-22-16-60(17-23-73)36-74(34-54(76)70-60)50-28-47(61)43(26-48(50)62)32-71-20-14-59(3,4)15-21-71/h6-7,10,12,26,28-29,37-39,41-42,44-45,49,51,63H,8-9,11,13-25,27,30-36H2,1-5H3,(H,67,78)(H,68,77)(H,69,79)(H,70,76)(H,64,65,66)/t38-,39-,41-,42+,44?,45?,49-,51-/m0/s1. The molecule has 19 nitrogen and oxygen atoms in total. The third-order valence-electron chi connectivity index (χ3n) is 18.7. The van der Waals surface area contributed by atoms with Crippen molar-refractivity contribution in [1.29, 1.82) is 0 Å². The number of piperazine rings is 1. The Morgan fingerprint density at radius 1 is 0.864 bits per heavy atom. The van der Waals surface area contributed by atoms with Gasteiger partial charge in [0.15, 0.2) is 0 Å². The third-order valence-corrected chi connectivity index (χ3v) is 18.7. The zero-order valence-corrected chi connectivity index (χ0v) is 48.0. The number of carbonyl (C=O) groups excluding carboxylic acids is 5. The van der Waals surface area contributed by atoms with Crippen LogP contribution in [0.4, 0.5) is 26.1 Å². The van der Waals surface area contributed by atoms with Crippen molar-refractivity contribution in [2.75, 3.05) is 101 Å². The first kappa shape index (κ1) is 58.2. The summed E-state index contributed by atoms with van der Waals surface area (Å²) in [6.45, 7) is 15.2. The highest BCUT2D eigenvalue weighted by Crippen LogP contribution is 2.40. The topological polar surface area (TPSA) is 209 Å². The number of anilines is 3. The molecule has 0 bridgehead atoms. The van der Waals surface area contributed by atoms with Gasteiger partial charge in [-0.05, 0) is 146 Å². The third kappa shape index (κ3) is 14.1. The number of likely N-dealkylation sites (N-methyl/N-ethyl adjacent to an activating group) is 1. The first-order chi connectivity index (χ1) is 38.9. The Hall–Kier alpha value is -6.03. The second-order valence-corrected chi connectivity index (χ2v) is 25.1. The number of likely N-dealkylation sites (tertiary alicyclic amines) is 3. The van der Waals surface area contributed by atoms with Crippen molar-refractivity contribution in [2.24, 2.45) is 17.3 Å². The lowest BCUT2D eigenvalue weighted by Gasteiger charge is -2.48. The maximum Gasteiger partial charge on any atom is 0.246 e. The van der Waals surface area contributed by atoms with Gasteiger partial charge < -0.3 is 56.2 Å². The molecule has 6 N–H and O–H groups in total. The number of halogens is 2. The summed E-state index contributed by atoms with van der Waals surface area (Å²) in [4.78, 5) is 86.4. The Balaban J connectivity index is 0.637. The number of hydrogen-bond acceptors (Lipinski definition) is 14. The summed E-state index contributed by atoms with van der Waals surface area (Å²) >= 11 is 0. The van der Waals surface area contributed by atoms with E-state index < -0.39 is 41.3 Å². The minimum Gasteiger partial charge on any atom is -0.370 e. The number of aromatic nitrogens is 2. The van der Waals surface area contributed by atoms with Gasteiger partial charge in [-0.15, -0.1) is 0 Å². The number of fused-ring (bicyclic) bond motifs is 2. The fraction of sp³-hybridized carbons (Fsp3) is 0.650. The van der Waals surface area contributed by atoms with Gasteiger partial charge >= 0.3 is 0 Å². The molecule has 5 saturated heterocycles. The fourth-order valence-corrected chi connectivity index (χ4v) is 13.7. The van der Waals surface area contributed by atoms with Crippen molar-refractivity contribution in [3.8, 4) is 0 Å². The molecule has 1 spiro atoms. The number of benzene rings is 2. The van der Waals surface area contributed by atoms with Gasteiger partial charge in [-0.25, -0.2) is 18.7 Å². The second-order valence-electron chi connectivity index (χ2n) is 25.1. The highest BCUT2D eigenvalue weighted by Gasteiger charge is 2.45. The van der Waals surface area contributed by atoms with Crippen molar-refractivity contribution in [3.63, 3.8) is 0 Å². The number of nitrogens with one attached hydrogen (secondary N) is 6. The molecule has 6 fully saturated rings. The van der Waals surface area contributed by atoms with Crippen LogP contribution in [0.3, 0.4) is 0 Å². The molecular formula is C60H85F2N13O6. The van der Waals surface area contributed by atoms with Gasteiger partial charge in [0, 0.05) is 76.1 Å². The van der Waals surface area contributed by atoms with Crippen molar-refractivity contribution >= 4 is 46.9 Å². The van der Waals surface area contributed by atoms with Crippen LogP contribution in [0.15, 0.2) is 48.8 Å². The van der Waals surface area contributed by atoms with Gasteiger partial charge in [0.2, 0.25) is 29.5 Å². The van der Waals surface area contributed by atoms with E-state index in [4.69, 9.17) is 4.74 Å². The smallest absolute Gasteiger partial charge is 0.246 e. The lowest BCUT2D eigenvalue weighted by molar-refractivity contribution is -0.141. The maximum absolute atomic E-state index is 15.8. The molecular weight excluding hydrogens is 1040 g/mol. The van der Waals surface area contributed by atoms with E-state index in [-0.39, 0.29) is 78.9 Å². The van der Waals surface area contributed by atoms with E-state index in [2.05, 4.69) is 76.5 Å². The van der Waals surface area contributed by atoms with Crippen molar-refractivity contribution in [1.82, 2.24) is 51.3 Å². The maximum atomic E-state index is 15.8. The SMILES string of the molecule is CN[C@@H](C)C(=O)N[C@@H](C)C(=O)N1CC(NC(=O)COC2C[C@@H]3CN(CCCNc4cc(N5CCC6(CC5)CN(c5cc(F)c(CN7CCC(C)(C)CC7)cc5F)CC(=O)N6)ncn4)C[C@@H]3C2)C[C@H]1C(=O)N[C@H]1CCCc2ccccc21. The predicted molar refractivity (Wildman–Crippen MR) is 305 cm³/mol. The number of aryl methyl sites for hydroxylation is 1. The molecule has 21 heteroatoms. The lowest BCUT2D eigenvalue weighted by atomic mass is 9.82. The molecule has 1 saturated carbocycles. The molecule has 5 amide bonds. The molecule has 1 aromatic heterocycles. The largest absolute Gasteiger partial charge is 0.370 e. The van der Waals surface area contributed by atoms with Crippen LogP contribution in [-0.2, 0) is 41.7 Å². The Labute approximate surface area is 475 Å². The molecule has 2 aliphatic carbocycles. The lowest BCUT2D eigenvalue weighted by Crippen LogP contribution is -2.66. The van der Waals surface area contributed by atoms with Crippen LogP contribution in [0.5, 0.6) is 0 Å². The Morgan fingerprint density at radius 2 is 1.62 bits per heavy atom. The number of carbonyl (C=O) groups is 5. The monoisotopic (exact) mass is 1120 g/mol. The molecule has 440 valence electrons. The molecule has 0 radical (unpaired) electrons. The second kappa shape index (κ2) is 25.2. The van der Waals surface area contributed by atoms with Crippen LogP contribution in [-0.4, -0.2) is 176 Å². The summed E-state index contributed by atoms with van der Waals surface area (Å²) in [7, 11) is 1.67. The number of amides is 5. The van der Waals surface area contributed by atoms with E-state index in [9.17, 15) is 24.0 Å². The number of piperidine rings is 2. The Bertz CT molecular complexity index is 2740. The normalized spacial score (nSPS) is 26.1. The summed E-state index contributed by atoms with van der Waals surface area (Å²) in [5.74, 6) is 0.119. The molecule has 7 aliphatic rings. The van der Waals surface area contributed by atoms with Crippen LogP contribution < -0.4 is 41.7 Å². The summed E-state index contributed by atoms with van der Waals surface area (Å²) in [5, 5.41) is 18.6. The summed E-state index contributed by atoms with van der Waals surface area (Å²) in [5.41, 5.74) is 2.47. The summed E-state index contributed by atoms with van der Waals surface area (Å²) in [6, 6.07) is 9.84. The average Bonchev–Trinajstić information content (AvgIpc) is 4.21. The van der Waals surface area contributed by atoms with Gasteiger partial charge in [0.1, 0.15) is 48.3 Å². The van der Waals surface area contributed by atoms with Crippen LogP contribution in [0.25, 0.3) is 0 Å².